The highest BCUT2D eigenvalue weighted by Crippen LogP contribution is 2.45. The molecule has 0 saturated carbocycles. The number of cyclic esters (lactones) is 1. The zero-order valence-corrected chi connectivity index (χ0v) is 18.1. The number of likely N-dealkylation sites (tertiary alicyclic amines) is 1. The first-order valence-electron chi connectivity index (χ1n) is 9.38. The maximum Gasteiger partial charge on any atom is 0.344 e. The number of anilines is 1. The quantitative estimate of drug-likeness (QED) is 0.676. The third kappa shape index (κ3) is 3.66. The highest BCUT2D eigenvalue weighted by atomic mass is 35.5. The van der Waals surface area contributed by atoms with Crippen molar-refractivity contribution in [2.24, 2.45) is 0 Å². The molecule has 0 aromatic heterocycles. The number of carbonyl (C=O) groups is 3. The zero-order valence-electron chi connectivity index (χ0n) is 16.6. The van der Waals surface area contributed by atoms with Gasteiger partial charge in [0.2, 0.25) is 18.0 Å². The molecule has 2 heterocycles. The van der Waals surface area contributed by atoms with Crippen LogP contribution >= 0.6 is 23.2 Å². The van der Waals surface area contributed by atoms with E-state index in [0.717, 1.165) is 0 Å². The number of hydrogen-bond donors (Lipinski definition) is 1. The molecule has 10 heteroatoms. The first-order chi connectivity index (χ1) is 14.8. The third-order valence-corrected chi connectivity index (χ3v) is 5.81. The van der Waals surface area contributed by atoms with Crippen molar-refractivity contribution in [2.75, 3.05) is 19.5 Å². The minimum atomic E-state index is -1.05. The predicted octanol–water partition coefficient (Wildman–Crippen LogP) is 3.81. The molecule has 2 amide bonds. The third-order valence-electron chi connectivity index (χ3n) is 5.27. The molecule has 0 spiro atoms. The Labute approximate surface area is 188 Å². The summed E-state index contributed by atoms with van der Waals surface area (Å²) in [7, 11) is 2.86. The highest BCUT2D eigenvalue weighted by Gasteiger charge is 2.47. The van der Waals surface area contributed by atoms with Crippen LogP contribution in [0.15, 0.2) is 30.3 Å². The van der Waals surface area contributed by atoms with Crippen LogP contribution in [0.2, 0.25) is 10.0 Å². The average molecular weight is 465 g/mol. The van der Waals surface area contributed by atoms with Crippen molar-refractivity contribution < 1.29 is 28.6 Å². The summed E-state index contributed by atoms with van der Waals surface area (Å²) in [4.78, 5) is 39.6. The Kier molecular flexibility index (Phi) is 5.68. The number of rotatable bonds is 5. The Bertz CT molecular complexity index is 1090. The molecule has 0 radical (unpaired) electrons. The lowest BCUT2D eigenvalue weighted by atomic mass is 10.1. The molecule has 0 bridgehead atoms. The van der Waals surface area contributed by atoms with E-state index in [1.807, 2.05) is 0 Å². The Hall–Kier alpha value is -2.97. The van der Waals surface area contributed by atoms with Crippen LogP contribution in [0.25, 0.3) is 0 Å². The Morgan fingerprint density at radius 1 is 1.16 bits per heavy atom. The molecular formula is C21H18Cl2N2O6. The van der Waals surface area contributed by atoms with E-state index >= 15 is 0 Å². The number of amides is 2. The molecule has 8 nitrogen and oxygen atoms in total. The fraction of sp³-hybridized carbons (Fsp3) is 0.286. The topological polar surface area (TPSA) is 94.2 Å². The van der Waals surface area contributed by atoms with Crippen molar-refractivity contribution in [2.45, 2.75) is 25.1 Å². The summed E-state index contributed by atoms with van der Waals surface area (Å²) in [5.41, 5.74) is 0.970. The average Bonchev–Trinajstić information content (AvgIpc) is 3.29. The molecule has 4 rings (SSSR count). The van der Waals surface area contributed by atoms with Gasteiger partial charge in [-0.1, -0.05) is 23.2 Å². The van der Waals surface area contributed by atoms with Crippen LogP contribution in [-0.2, 0) is 14.3 Å². The number of nitrogens with one attached hydrogen (secondary N) is 1. The fourth-order valence-corrected chi connectivity index (χ4v) is 4.31. The molecule has 0 aliphatic carbocycles. The second-order valence-corrected chi connectivity index (χ2v) is 7.84. The minimum absolute atomic E-state index is 0.142. The van der Waals surface area contributed by atoms with Crippen LogP contribution in [0.5, 0.6) is 11.5 Å². The lowest BCUT2D eigenvalue weighted by molar-refractivity contribution is -0.144. The standard InChI is InChI=1S/C21H18Cl2N2O6/c1-29-15-7-4-11-17(18(15)30-2)21(28)31-20(11)25-14(6-8-16(25)26)19(27)24-13-5-3-10(22)9-12(13)23/h3-5,7,9,14,20H,6,8H2,1-2H3,(H,24,27)/t14-,20+/m1/s1. The number of benzene rings is 2. The Morgan fingerprint density at radius 2 is 1.94 bits per heavy atom. The lowest BCUT2D eigenvalue weighted by Crippen LogP contribution is -2.43. The van der Waals surface area contributed by atoms with E-state index in [2.05, 4.69) is 5.32 Å². The summed E-state index contributed by atoms with van der Waals surface area (Å²) in [6.45, 7) is 0. The van der Waals surface area contributed by atoms with E-state index < -0.39 is 24.1 Å². The molecule has 2 aromatic carbocycles. The summed E-state index contributed by atoms with van der Waals surface area (Å²) in [6.07, 6.45) is -0.635. The molecule has 2 aromatic rings. The number of methoxy groups -OCH3 is 2. The van der Waals surface area contributed by atoms with Gasteiger partial charge in [-0.15, -0.1) is 0 Å². The number of nitrogens with zero attached hydrogens (tertiary/aromatic N) is 1. The molecule has 2 aliphatic rings. The van der Waals surface area contributed by atoms with Gasteiger partial charge in [-0.05, 0) is 36.8 Å². The van der Waals surface area contributed by atoms with Crippen molar-refractivity contribution in [1.29, 1.82) is 0 Å². The van der Waals surface area contributed by atoms with Gasteiger partial charge < -0.3 is 19.5 Å². The van der Waals surface area contributed by atoms with Gasteiger partial charge in [0.1, 0.15) is 11.6 Å². The van der Waals surface area contributed by atoms with E-state index in [-0.39, 0.29) is 35.1 Å². The Morgan fingerprint density at radius 3 is 2.61 bits per heavy atom. The van der Waals surface area contributed by atoms with E-state index in [4.69, 9.17) is 37.4 Å². The SMILES string of the molecule is COc1ccc2c(c1OC)C(=O)O[C@@H]2N1C(=O)CC[C@@H]1C(=O)Nc1ccc(Cl)cc1Cl. The van der Waals surface area contributed by atoms with Crippen molar-refractivity contribution in [1.82, 2.24) is 4.90 Å². The van der Waals surface area contributed by atoms with Crippen LogP contribution in [-0.4, -0.2) is 42.9 Å². The van der Waals surface area contributed by atoms with E-state index in [1.165, 1.54) is 25.2 Å². The van der Waals surface area contributed by atoms with Gasteiger partial charge in [0.05, 0.1) is 24.9 Å². The smallest absolute Gasteiger partial charge is 0.344 e. The maximum atomic E-state index is 13.0. The van der Waals surface area contributed by atoms with Crippen molar-refractivity contribution in [3.63, 3.8) is 0 Å². The number of carbonyl (C=O) groups excluding carboxylic acids is 3. The summed E-state index contributed by atoms with van der Waals surface area (Å²) in [5, 5.41) is 3.42. The predicted molar refractivity (Wildman–Crippen MR) is 113 cm³/mol. The second-order valence-electron chi connectivity index (χ2n) is 6.99. The molecule has 31 heavy (non-hydrogen) atoms. The van der Waals surface area contributed by atoms with Crippen molar-refractivity contribution in [3.05, 3.63) is 51.5 Å². The van der Waals surface area contributed by atoms with Gasteiger partial charge in [-0.3, -0.25) is 14.5 Å². The first kappa shape index (κ1) is 21.3. The maximum absolute atomic E-state index is 13.0. The molecular weight excluding hydrogens is 447 g/mol. The molecule has 1 fully saturated rings. The fourth-order valence-electron chi connectivity index (χ4n) is 3.85. The van der Waals surface area contributed by atoms with Gasteiger partial charge in [0.15, 0.2) is 11.5 Å². The molecule has 2 atom stereocenters. The highest BCUT2D eigenvalue weighted by molar-refractivity contribution is 6.36. The lowest BCUT2D eigenvalue weighted by Gasteiger charge is -2.29. The summed E-state index contributed by atoms with van der Waals surface area (Å²) in [6, 6.07) is 7.07. The number of fused-ring (bicyclic) bond motifs is 1. The zero-order chi connectivity index (χ0) is 22.3. The Balaban J connectivity index is 1.65. The first-order valence-corrected chi connectivity index (χ1v) is 10.1. The van der Waals surface area contributed by atoms with Gasteiger partial charge in [0.25, 0.3) is 0 Å². The van der Waals surface area contributed by atoms with Gasteiger partial charge >= 0.3 is 5.97 Å². The number of ether oxygens (including phenoxy) is 3. The number of hydrogen-bond acceptors (Lipinski definition) is 6. The second kappa shape index (κ2) is 8.28. The van der Waals surface area contributed by atoms with Crippen molar-refractivity contribution in [3.8, 4) is 11.5 Å². The van der Waals surface area contributed by atoms with Crippen LogP contribution in [0.1, 0.15) is 35.0 Å². The molecule has 2 aliphatic heterocycles. The monoisotopic (exact) mass is 464 g/mol. The summed E-state index contributed by atoms with van der Waals surface area (Å²) in [5.74, 6) is -0.829. The molecule has 1 N–H and O–H groups in total. The van der Waals surface area contributed by atoms with E-state index in [9.17, 15) is 14.4 Å². The van der Waals surface area contributed by atoms with Gasteiger partial charge in [0, 0.05) is 17.0 Å². The van der Waals surface area contributed by atoms with E-state index in [1.54, 1.807) is 24.3 Å². The van der Waals surface area contributed by atoms with Crippen LogP contribution in [0.3, 0.4) is 0 Å². The van der Waals surface area contributed by atoms with Crippen LogP contribution in [0, 0.1) is 0 Å². The van der Waals surface area contributed by atoms with Gasteiger partial charge in [-0.2, -0.15) is 0 Å². The summed E-state index contributed by atoms with van der Waals surface area (Å²) >= 11 is 12.0. The summed E-state index contributed by atoms with van der Waals surface area (Å²) < 4.78 is 16.1. The molecule has 1 saturated heterocycles. The largest absolute Gasteiger partial charge is 0.493 e. The normalized spacial score (nSPS) is 19.8. The van der Waals surface area contributed by atoms with Gasteiger partial charge in [-0.25, -0.2) is 4.79 Å². The number of esters is 1. The minimum Gasteiger partial charge on any atom is -0.493 e. The number of halogens is 2. The van der Waals surface area contributed by atoms with Crippen molar-refractivity contribution >= 4 is 46.7 Å². The molecule has 162 valence electrons. The van der Waals surface area contributed by atoms with Crippen LogP contribution < -0.4 is 14.8 Å². The molecule has 0 unspecified atom stereocenters. The van der Waals surface area contributed by atoms with E-state index in [0.29, 0.717) is 22.0 Å². The van der Waals surface area contributed by atoms with Crippen LogP contribution in [0.4, 0.5) is 5.69 Å².